The minimum Gasteiger partial charge on any atom is -0.314 e. The lowest BCUT2D eigenvalue weighted by Gasteiger charge is -2.16. The van der Waals surface area contributed by atoms with Crippen LogP contribution in [-0.4, -0.2) is 24.6 Å². The normalized spacial score (nSPS) is 13.2. The van der Waals surface area contributed by atoms with Crippen molar-refractivity contribution in [3.05, 3.63) is 0 Å². The highest BCUT2D eigenvalue weighted by Gasteiger charge is 2.04. The molecule has 12 heavy (non-hydrogen) atoms. The van der Waals surface area contributed by atoms with Crippen LogP contribution in [0.4, 0.5) is 0 Å². The van der Waals surface area contributed by atoms with Gasteiger partial charge in [0.1, 0.15) is 0 Å². The van der Waals surface area contributed by atoms with Crippen molar-refractivity contribution in [3.63, 3.8) is 0 Å². The Balaban J connectivity index is 3.40. The number of rotatable bonds is 8. The van der Waals surface area contributed by atoms with Crippen molar-refractivity contribution in [1.82, 2.24) is 5.32 Å². The van der Waals surface area contributed by atoms with Gasteiger partial charge in [0.2, 0.25) is 0 Å². The molecule has 0 rings (SSSR count). The van der Waals surface area contributed by atoms with Gasteiger partial charge < -0.3 is 5.32 Å². The summed E-state index contributed by atoms with van der Waals surface area (Å²) < 4.78 is 0. The maximum absolute atomic E-state index is 3.59. The van der Waals surface area contributed by atoms with Crippen LogP contribution in [0.25, 0.3) is 0 Å². The van der Waals surface area contributed by atoms with E-state index in [2.05, 4.69) is 25.4 Å². The quantitative estimate of drug-likeness (QED) is 0.630. The van der Waals surface area contributed by atoms with Crippen molar-refractivity contribution in [2.24, 2.45) is 0 Å². The molecule has 0 amide bonds. The zero-order chi connectivity index (χ0) is 9.23. The molecule has 0 radical (unpaired) electrons. The average Bonchev–Trinajstić information content (AvgIpc) is 2.10. The molecule has 0 spiro atoms. The van der Waals surface area contributed by atoms with Crippen molar-refractivity contribution >= 4 is 11.8 Å². The van der Waals surface area contributed by atoms with Crippen LogP contribution in [-0.2, 0) is 0 Å². The van der Waals surface area contributed by atoms with Crippen LogP contribution in [0.5, 0.6) is 0 Å². The Labute approximate surface area is 81.7 Å². The van der Waals surface area contributed by atoms with Gasteiger partial charge in [-0.05, 0) is 37.8 Å². The molecule has 0 aromatic carbocycles. The van der Waals surface area contributed by atoms with Gasteiger partial charge in [-0.2, -0.15) is 11.8 Å². The molecule has 1 N–H and O–H groups in total. The minimum atomic E-state index is 0.766. The molecule has 1 atom stereocenters. The van der Waals surface area contributed by atoms with Gasteiger partial charge in [-0.1, -0.05) is 20.3 Å². The number of thioether (sulfide) groups is 1. The molecular formula is C10H23NS. The van der Waals surface area contributed by atoms with Gasteiger partial charge in [-0.15, -0.1) is 0 Å². The first kappa shape index (κ1) is 12.3. The first-order valence-electron chi connectivity index (χ1n) is 5.07. The van der Waals surface area contributed by atoms with Crippen LogP contribution < -0.4 is 5.32 Å². The second kappa shape index (κ2) is 9.40. The monoisotopic (exact) mass is 189 g/mol. The fourth-order valence-electron chi connectivity index (χ4n) is 1.31. The number of hydrogen-bond acceptors (Lipinski definition) is 2. The fraction of sp³-hybridized carbons (Fsp3) is 1.00. The lowest BCUT2D eigenvalue weighted by atomic mass is 10.1. The SMILES string of the molecule is CCCNC(CCC)CCSC. The summed E-state index contributed by atoms with van der Waals surface area (Å²) in [5.74, 6) is 1.29. The lowest BCUT2D eigenvalue weighted by Crippen LogP contribution is -2.30. The largest absolute Gasteiger partial charge is 0.314 e. The molecule has 0 aliphatic rings. The second-order valence-corrected chi connectivity index (χ2v) is 4.21. The summed E-state index contributed by atoms with van der Waals surface area (Å²) in [5.41, 5.74) is 0. The lowest BCUT2D eigenvalue weighted by molar-refractivity contribution is 0.466. The molecule has 0 bridgehead atoms. The van der Waals surface area contributed by atoms with E-state index in [4.69, 9.17) is 0 Å². The highest BCUT2D eigenvalue weighted by atomic mass is 32.2. The molecule has 2 heteroatoms. The smallest absolute Gasteiger partial charge is 0.00748 e. The van der Waals surface area contributed by atoms with E-state index in [1.807, 2.05) is 11.8 Å². The molecule has 0 aromatic rings. The molecule has 74 valence electrons. The summed E-state index contributed by atoms with van der Waals surface area (Å²) in [6.45, 7) is 5.67. The maximum Gasteiger partial charge on any atom is 0.00748 e. The Morgan fingerprint density at radius 1 is 1.17 bits per heavy atom. The van der Waals surface area contributed by atoms with Crippen molar-refractivity contribution < 1.29 is 0 Å². The molecule has 0 aliphatic carbocycles. The summed E-state index contributed by atoms with van der Waals surface area (Å²) in [4.78, 5) is 0. The van der Waals surface area contributed by atoms with Crippen LogP contribution in [0.3, 0.4) is 0 Å². The number of hydrogen-bond donors (Lipinski definition) is 1. The summed E-state index contributed by atoms with van der Waals surface area (Å²) in [6, 6.07) is 0.766. The summed E-state index contributed by atoms with van der Waals surface area (Å²) in [7, 11) is 0. The molecule has 0 heterocycles. The predicted molar refractivity (Wildman–Crippen MR) is 60.0 cm³/mol. The van der Waals surface area contributed by atoms with Crippen LogP contribution in [0, 0.1) is 0 Å². The van der Waals surface area contributed by atoms with Gasteiger partial charge in [0.25, 0.3) is 0 Å². The predicted octanol–water partition coefficient (Wildman–Crippen LogP) is 2.91. The molecule has 0 saturated heterocycles. The Morgan fingerprint density at radius 2 is 1.92 bits per heavy atom. The van der Waals surface area contributed by atoms with Gasteiger partial charge in [-0.3, -0.25) is 0 Å². The molecule has 1 unspecified atom stereocenters. The highest BCUT2D eigenvalue weighted by molar-refractivity contribution is 7.98. The van der Waals surface area contributed by atoms with E-state index in [1.54, 1.807) is 0 Å². The van der Waals surface area contributed by atoms with Gasteiger partial charge in [0, 0.05) is 6.04 Å². The van der Waals surface area contributed by atoms with E-state index in [0.717, 1.165) is 6.04 Å². The fourth-order valence-corrected chi connectivity index (χ4v) is 1.83. The molecular weight excluding hydrogens is 166 g/mol. The first-order valence-corrected chi connectivity index (χ1v) is 6.46. The van der Waals surface area contributed by atoms with Crippen molar-refractivity contribution in [2.75, 3.05) is 18.6 Å². The van der Waals surface area contributed by atoms with E-state index in [-0.39, 0.29) is 0 Å². The molecule has 0 aliphatic heterocycles. The summed E-state index contributed by atoms with van der Waals surface area (Å²) in [5, 5.41) is 3.59. The van der Waals surface area contributed by atoms with Crippen LogP contribution in [0.15, 0.2) is 0 Å². The molecule has 0 saturated carbocycles. The maximum atomic E-state index is 3.59. The Morgan fingerprint density at radius 3 is 2.42 bits per heavy atom. The highest BCUT2D eigenvalue weighted by Crippen LogP contribution is 2.05. The average molecular weight is 189 g/mol. The van der Waals surface area contributed by atoms with Crippen LogP contribution >= 0.6 is 11.8 Å². The Kier molecular flexibility index (Phi) is 9.64. The summed E-state index contributed by atoms with van der Waals surface area (Å²) in [6.07, 6.45) is 7.40. The van der Waals surface area contributed by atoms with Gasteiger partial charge in [-0.25, -0.2) is 0 Å². The van der Waals surface area contributed by atoms with Gasteiger partial charge in [0.15, 0.2) is 0 Å². The van der Waals surface area contributed by atoms with E-state index in [0.29, 0.717) is 0 Å². The third kappa shape index (κ3) is 6.99. The molecule has 0 aromatic heterocycles. The van der Waals surface area contributed by atoms with E-state index in [9.17, 15) is 0 Å². The first-order chi connectivity index (χ1) is 5.85. The van der Waals surface area contributed by atoms with E-state index < -0.39 is 0 Å². The zero-order valence-electron chi connectivity index (χ0n) is 8.73. The van der Waals surface area contributed by atoms with E-state index in [1.165, 1.54) is 38.0 Å². The topological polar surface area (TPSA) is 12.0 Å². The third-order valence-corrected chi connectivity index (χ3v) is 2.63. The second-order valence-electron chi connectivity index (χ2n) is 3.22. The van der Waals surface area contributed by atoms with Gasteiger partial charge >= 0.3 is 0 Å². The third-order valence-electron chi connectivity index (χ3n) is 1.99. The minimum absolute atomic E-state index is 0.766. The van der Waals surface area contributed by atoms with Crippen molar-refractivity contribution in [3.8, 4) is 0 Å². The standard InChI is InChI=1S/C10H23NS/c1-4-6-10(7-9-12-3)11-8-5-2/h10-11H,4-9H2,1-3H3. The Hall–Kier alpha value is 0.310. The molecule has 0 fully saturated rings. The number of nitrogens with one attached hydrogen (secondary N) is 1. The van der Waals surface area contributed by atoms with Gasteiger partial charge in [0.05, 0.1) is 0 Å². The van der Waals surface area contributed by atoms with Crippen LogP contribution in [0.1, 0.15) is 39.5 Å². The summed E-state index contributed by atoms with van der Waals surface area (Å²) >= 11 is 1.95. The van der Waals surface area contributed by atoms with Crippen molar-refractivity contribution in [2.45, 2.75) is 45.6 Å². The van der Waals surface area contributed by atoms with Crippen molar-refractivity contribution in [1.29, 1.82) is 0 Å². The Bertz CT molecular complexity index is 77.9. The molecule has 1 nitrogen and oxygen atoms in total. The zero-order valence-corrected chi connectivity index (χ0v) is 9.54. The van der Waals surface area contributed by atoms with Crippen LogP contribution in [0.2, 0.25) is 0 Å². The van der Waals surface area contributed by atoms with E-state index >= 15 is 0 Å².